The Kier molecular flexibility index (Phi) is 5.24. The first-order valence-corrected chi connectivity index (χ1v) is 5.96. The molecule has 0 aliphatic heterocycles. The topological polar surface area (TPSA) is 91.7 Å². The fourth-order valence-electron chi connectivity index (χ4n) is 2.11. The molecule has 1 heterocycles. The standard InChI is InChI=1S/C15H14N4.2ClH/c16-12-5-3-9(4-6-12)13-7-10-1-2-11(15(17)18)8-14(10)19-13;;/h1-8,19H,16H2,(H3,17,18);2*1H. The fraction of sp³-hybridized carbons (Fsp3) is 0. The zero-order valence-corrected chi connectivity index (χ0v) is 12.7. The van der Waals surface area contributed by atoms with Gasteiger partial charge in [-0.15, -0.1) is 24.8 Å². The summed E-state index contributed by atoms with van der Waals surface area (Å²) < 4.78 is 0. The van der Waals surface area contributed by atoms with E-state index in [2.05, 4.69) is 11.1 Å². The van der Waals surface area contributed by atoms with Crippen molar-refractivity contribution in [3.05, 3.63) is 54.1 Å². The molecular formula is C15H16Cl2N4. The zero-order valence-electron chi connectivity index (χ0n) is 11.1. The van der Waals surface area contributed by atoms with Gasteiger partial charge in [0.25, 0.3) is 0 Å². The molecule has 0 atom stereocenters. The van der Waals surface area contributed by atoms with Gasteiger partial charge in [-0.05, 0) is 29.8 Å². The van der Waals surface area contributed by atoms with Crippen LogP contribution >= 0.6 is 24.8 Å². The summed E-state index contributed by atoms with van der Waals surface area (Å²) in [6.45, 7) is 0. The number of halogens is 2. The highest BCUT2D eigenvalue weighted by molar-refractivity contribution is 5.99. The van der Waals surface area contributed by atoms with Gasteiger partial charge in [0.05, 0.1) is 0 Å². The van der Waals surface area contributed by atoms with E-state index in [9.17, 15) is 0 Å². The highest BCUT2D eigenvalue weighted by Crippen LogP contribution is 2.25. The number of H-pyrrole nitrogens is 1. The van der Waals surface area contributed by atoms with Gasteiger partial charge in [-0.25, -0.2) is 0 Å². The van der Waals surface area contributed by atoms with Crippen molar-refractivity contribution in [1.82, 2.24) is 4.98 Å². The summed E-state index contributed by atoms with van der Waals surface area (Å²) in [4.78, 5) is 3.33. The first kappa shape index (κ1) is 16.9. The van der Waals surface area contributed by atoms with Crippen LogP contribution in [-0.4, -0.2) is 10.8 Å². The van der Waals surface area contributed by atoms with E-state index in [0.717, 1.165) is 33.4 Å². The van der Waals surface area contributed by atoms with E-state index < -0.39 is 0 Å². The highest BCUT2D eigenvalue weighted by Gasteiger charge is 2.05. The lowest BCUT2D eigenvalue weighted by molar-refractivity contribution is 1.42. The van der Waals surface area contributed by atoms with Crippen LogP contribution in [0.4, 0.5) is 5.69 Å². The number of nitrogen functional groups attached to an aromatic ring is 2. The van der Waals surface area contributed by atoms with Gasteiger partial charge in [0.15, 0.2) is 0 Å². The maximum absolute atomic E-state index is 7.46. The highest BCUT2D eigenvalue weighted by atomic mass is 35.5. The number of nitrogens with two attached hydrogens (primary N) is 2. The lowest BCUT2D eigenvalue weighted by atomic mass is 10.1. The summed E-state index contributed by atoms with van der Waals surface area (Å²) in [6, 6.07) is 15.5. The Morgan fingerprint density at radius 3 is 2.24 bits per heavy atom. The fourth-order valence-corrected chi connectivity index (χ4v) is 2.11. The second kappa shape index (κ2) is 6.52. The van der Waals surface area contributed by atoms with Crippen LogP contribution in [0.25, 0.3) is 22.2 Å². The van der Waals surface area contributed by atoms with E-state index in [1.165, 1.54) is 0 Å². The second-order valence-corrected chi connectivity index (χ2v) is 4.52. The van der Waals surface area contributed by atoms with Crippen molar-refractivity contribution in [2.75, 3.05) is 5.73 Å². The van der Waals surface area contributed by atoms with Crippen molar-refractivity contribution in [3.8, 4) is 11.3 Å². The normalized spacial score (nSPS) is 9.71. The number of aromatic nitrogens is 1. The van der Waals surface area contributed by atoms with Crippen LogP contribution in [0.5, 0.6) is 0 Å². The van der Waals surface area contributed by atoms with Gasteiger partial charge < -0.3 is 16.5 Å². The Morgan fingerprint density at radius 2 is 1.62 bits per heavy atom. The van der Waals surface area contributed by atoms with Gasteiger partial charge in [-0.3, -0.25) is 5.41 Å². The quantitative estimate of drug-likeness (QED) is 0.330. The Balaban J connectivity index is 0.00000110. The summed E-state index contributed by atoms with van der Waals surface area (Å²) in [6.07, 6.45) is 0. The summed E-state index contributed by atoms with van der Waals surface area (Å²) >= 11 is 0. The summed E-state index contributed by atoms with van der Waals surface area (Å²) in [7, 11) is 0. The Hall–Kier alpha value is -2.17. The number of nitrogens with one attached hydrogen (secondary N) is 2. The molecule has 6 heteroatoms. The van der Waals surface area contributed by atoms with E-state index in [0.29, 0.717) is 0 Å². The average Bonchev–Trinajstić information content (AvgIpc) is 2.82. The first-order valence-electron chi connectivity index (χ1n) is 5.96. The Morgan fingerprint density at radius 1 is 0.952 bits per heavy atom. The van der Waals surface area contributed by atoms with Gasteiger partial charge in [0.1, 0.15) is 5.84 Å². The minimum atomic E-state index is 0. The number of amidine groups is 1. The number of hydrogen-bond donors (Lipinski definition) is 4. The third-order valence-electron chi connectivity index (χ3n) is 3.16. The predicted molar refractivity (Wildman–Crippen MR) is 93.7 cm³/mol. The molecule has 0 unspecified atom stereocenters. The maximum atomic E-state index is 7.46. The second-order valence-electron chi connectivity index (χ2n) is 4.52. The monoisotopic (exact) mass is 322 g/mol. The summed E-state index contributed by atoms with van der Waals surface area (Å²) in [5, 5.41) is 8.55. The number of hydrogen-bond acceptors (Lipinski definition) is 2. The van der Waals surface area contributed by atoms with Crippen molar-refractivity contribution in [2.24, 2.45) is 5.73 Å². The van der Waals surface area contributed by atoms with Crippen molar-refractivity contribution in [3.63, 3.8) is 0 Å². The molecule has 0 amide bonds. The molecule has 0 radical (unpaired) electrons. The first-order chi connectivity index (χ1) is 9.13. The molecule has 21 heavy (non-hydrogen) atoms. The molecular weight excluding hydrogens is 307 g/mol. The Labute approximate surface area is 134 Å². The van der Waals surface area contributed by atoms with Gasteiger partial charge >= 0.3 is 0 Å². The lowest BCUT2D eigenvalue weighted by Crippen LogP contribution is -2.10. The minimum absolute atomic E-state index is 0. The molecule has 0 bridgehead atoms. The SMILES string of the molecule is Cl.Cl.N=C(N)c1ccc2cc(-c3ccc(N)cc3)[nH]c2c1. The van der Waals surface area contributed by atoms with Crippen LogP contribution in [0.2, 0.25) is 0 Å². The molecule has 0 fully saturated rings. The van der Waals surface area contributed by atoms with Crippen LogP contribution in [0.1, 0.15) is 5.56 Å². The molecule has 0 saturated heterocycles. The smallest absolute Gasteiger partial charge is 0.122 e. The van der Waals surface area contributed by atoms with Gasteiger partial charge in [-0.2, -0.15) is 0 Å². The molecule has 1 aromatic heterocycles. The lowest BCUT2D eigenvalue weighted by Gasteiger charge is -1.98. The number of fused-ring (bicyclic) bond motifs is 1. The van der Waals surface area contributed by atoms with E-state index >= 15 is 0 Å². The maximum Gasteiger partial charge on any atom is 0.122 e. The van der Waals surface area contributed by atoms with E-state index in [1.54, 1.807) is 0 Å². The van der Waals surface area contributed by atoms with Crippen molar-refractivity contribution in [1.29, 1.82) is 5.41 Å². The molecule has 2 aromatic carbocycles. The number of rotatable bonds is 2. The Bertz CT molecular complexity index is 763. The van der Waals surface area contributed by atoms with Crippen LogP contribution in [-0.2, 0) is 0 Å². The predicted octanol–water partition coefficient (Wildman–Crippen LogP) is 3.54. The summed E-state index contributed by atoms with van der Waals surface area (Å²) in [5.74, 6) is 0.0746. The molecule has 0 spiro atoms. The van der Waals surface area contributed by atoms with E-state index in [-0.39, 0.29) is 30.6 Å². The van der Waals surface area contributed by atoms with Gasteiger partial charge in [0.2, 0.25) is 0 Å². The average molecular weight is 323 g/mol. The van der Waals surface area contributed by atoms with Crippen molar-refractivity contribution in [2.45, 2.75) is 0 Å². The van der Waals surface area contributed by atoms with Crippen molar-refractivity contribution < 1.29 is 0 Å². The van der Waals surface area contributed by atoms with Crippen molar-refractivity contribution >= 4 is 47.2 Å². The molecule has 0 aliphatic rings. The third-order valence-corrected chi connectivity index (χ3v) is 3.16. The van der Waals surface area contributed by atoms with E-state index in [1.807, 2.05) is 42.5 Å². The number of benzene rings is 2. The number of aromatic amines is 1. The largest absolute Gasteiger partial charge is 0.399 e. The molecule has 6 N–H and O–H groups in total. The molecule has 3 aromatic rings. The van der Waals surface area contributed by atoms with Gasteiger partial charge in [0, 0.05) is 27.8 Å². The van der Waals surface area contributed by atoms with Crippen LogP contribution < -0.4 is 11.5 Å². The zero-order chi connectivity index (χ0) is 13.4. The number of anilines is 1. The minimum Gasteiger partial charge on any atom is -0.399 e. The molecule has 0 saturated carbocycles. The molecule has 110 valence electrons. The molecule has 3 rings (SSSR count). The third kappa shape index (κ3) is 3.29. The van der Waals surface area contributed by atoms with Crippen LogP contribution in [0.3, 0.4) is 0 Å². The van der Waals surface area contributed by atoms with Crippen LogP contribution in [0.15, 0.2) is 48.5 Å². The molecule has 0 aliphatic carbocycles. The molecule has 4 nitrogen and oxygen atoms in total. The summed E-state index contributed by atoms with van der Waals surface area (Å²) in [5.41, 5.74) is 15.7. The van der Waals surface area contributed by atoms with E-state index in [4.69, 9.17) is 16.9 Å². The van der Waals surface area contributed by atoms with Gasteiger partial charge in [-0.1, -0.05) is 24.3 Å². The van der Waals surface area contributed by atoms with Crippen LogP contribution in [0, 0.1) is 5.41 Å².